The maximum Gasteiger partial charge on any atom is 0.482 e. The van der Waals surface area contributed by atoms with Crippen LogP contribution in [0.15, 0.2) is 12.1 Å². The molecule has 2 rings (SSSR count). The van der Waals surface area contributed by atoms with Gasteiger partial charge in [-0.1, -0.05) is 0 Å². The first-order valence-corrected chi connectivity index (χ1v) is 2.90. The number of hydrogen-bond acceptors (Lipinski definition) is 3. The molecule has 0 aromatic heterocycles. The molecule has 0 bridgehead atoms. The molecule has 0 unspecified atom stereocenters. The number of hydrogen-bond donors (Lipinski definition) is 2. The summed E-state index contributed by atoms with van der Waals surface area (Å²) in [6.45, 7) is 0. The fourth-order valence-electron chi connectivity index (χ4n) is 0.380. The zero-order valence-electron chi connectivity index (χ0n) is 4.03. The largest absolute Gasteiger partial charge is 0.482 e. The second kappa shape index (κ2) is 2.30. The highest BCUT2D eigenvalue weighted by Crippen LogP contribution is 2.19. The molecular formula is C4H4BO2S. The number of thiophene rings is 1. The highest BCUT2D eigenvalue weighted by molar-refractivity contribution is 7.14. The molecule has 2 aliphatic rings. The zero-order valence-corrected chi connectivity index (χ0v) is 4.85. The first kappa shape index (κ1) is 5.82. The number of rotatable bonds is 0. The van der Waals surface area contributed by atoms with Crippen LogP contribution >= 0.6 is 11.3 Å². The Labute approximate surface area is 51.0 Å². The van der Waals surface area contributed by atoms with E-state index in [2.05, 4.69) is 12.1 Å². The second-order valence-corrected chi connectivity index (χ2v) is 2.36. The van der Waals surface area contributed by atoms with Crippen molar-refractivity contribution in [2.75, 3.05) is 0 Å². The van der Waals surface area contributed by atoms with Crippen molar-refractivity contribution in [1.82, 2.24) is 0 Å². The van der Waals surface area contributed by atoms with Crippen molar-refractivity contribution < 1.29 is 10.0 Å². The van der Waals surface area contributed by atoms with E-state index in [-0.39, 0.29) is 7.69 Å². The Balaban J connectivity index is 0.0000000960. The lowest BCUT2D eigenvalue weighted by Crippen LogP contribution is -1.75. The van der Waals surface area contributed by atoms with Crippen LogP contribution < -0.4 is 0 Å². The Hall–Kier alpha value is -0.315. The minimum atomic E-state index is 0. The lowest BCUT2D eigenvalue weighted by atomic mass is 10.4. The van der Waals surface area contributed by atoms with Crippen molar-refractivity contribution in [3.8, 4) is 0 Å². The minimum absolute atomic E-state index is 0. The van der Waals surface area contributed by atoms with Gasteiger partial charge in [-0.05, 0) is 12.1 Å². The van der Waals surface area contributed by atoms with Crippen LogP contribution in [0.2, 0.25) is 0 Å². The van der Waals surface area contributed by atoms with Crippen molar-refractivity contribution in [1.29, 1.82) is 0 Å². The van der Waals surface area contributed by atoms with Gasteiger partial charge in [0, 0.05) is 9.06 Å². The standard InChI is InChI=1S/C4H2S.BH2O2/c1-2-4-3(1)5-4;2-1-3/h1-2H;2-3H. The SMILES string of the molecule is O[B]O.c1cc2sc1=2. The van der Waals surface area contributed by atoms with E-state index >= 15 is 0 Å². The summed E-state index contributed by atoms with van der Waals surface area (Å²) in [6.07, 6.45) is 0. The molecule has 1 radical (unpaired) electrons. The van der Waals surface area contributed by atoms with Gasteiger partial charge >= 0.3 is 7.69 Å². The maximum atomic E-state index is 7.00. The highest BCUT2D eigenvalue weighted by Gasteiger charge is 1.96. The highest BCUT2D eigenvalue weighted by atomic mass is 32.1. The van der Waals surface area contributed by atoms with E-state index in [4.69, 9.17) is 10.0 Å². The summed E-state index contributed by atoms with van der Waals surface area (Å²) in [6, 6.07) is 4.28. The molecule has 8 heavy (non-hydrogen) atoms. The predicted octanol–water partition coefficient (Wildman–Crippen LogP) is -0.146. The monoisotopic (exact) mass is 127 g/mol. The summed E-state index contributed by atoms with van der Waals surface area (Å²) in [7, 11) is 0. The van der Waals surface area contributed by atoms with E-state index in [9.17, 15) is 0 Å². The molecule has 0 aromatic rings. The normalized spacial score (nSPS) is 9.25. The van der Waals surface area contributed by atoms with E-state index in [1.165, 1.54) is 9.06 Å². The molecule has 0 fully saturated rings. The summed E-state index contributed by atoms with van der Waals surface area (Å²) in [5.41, 5.74) is 0. The Morgan fingerprint density at radius 2 is 1.62 bits per heavy atom. The van der Waals surface area contributed by atoms with Gasteiger partial charge in [0.1, 0.15) is 0 Å². The molecular weight excluding hydrogens is 123 g/mol. The van der Waals surface area contributed by atoms with E-state index in [1.807, 2.05) is 11.3 Å². The molecule has 1 aliphatic heterocycles. The topological polar surface area (TPSA) is 40.5 Å². The fraction of sp³-hybridized carbons (Fsp3) is 0. The lowest BCUT2D eigenvalue weighted by Gasteiger charge is -1.58. The summed E-state index contributed by atoms with van der Waals surface area (Å²) >= 11 is 1.88. The van der Waals surface area contributed by atoms with Crippen molar-refractivity contribution in [3.63, 3.8) is 0 Å². The summed E-state index contributed by atoms with van der Waals surface area (Å²) in [4.78, 5) is 0. The Morgan fingerprint density at radius 1 is 1.25 bits per heavy atom. The molecule has 0 amide bonds. The van der Waals surface area contributed by atoms with Crippen molar-refractivity contribution >= 4 is 19.0 Å². The maximum absolute atomic E-state index is 7.00. The van der Waals surface area contributed by atoms with Crippen LogP contribution in [0.3, 0.4) is 0 Å². The third-order valence-electron chi connectivity index (χ3n) is 0.807. The van der Waals surface area contributed by atoms with E-state index in [0.717, 1.165) is 0 Å². The van der Waals surface area contributed by atoms with E-state index in [1.54, 1.807) is 0 Å². The molecule has 2 N–H and O–H groups in total. The Morgan fingerprint density at radius 3 is 1.62 bits per heavy atom. The quantitative estimate of drug-likeness (QED) is 0.483. The Kier molecular flexibility index (Phi) is 1.67. The average molecular weight is 127 g/mol. The summed E-state index contributed by atoms with van der Waals surface area (Å²) < 4.78 is 3.01. The van der Waals surface area contributed by atoms with Crippen LogP contribution in [-0.2, 0) is 0 Å². The van der Waals surface area contributed by atoms with Crippen LogP contribution in [-0.4, -0.2) is 17.7 Å². The van der Waals surface area contributed by atoms with Crippen LogP contribution in [0, 0.1) is 9.06 Å². The van der Waals surface area contributed by atoms with Gasteiger partial charge in [0.25, 0.3) is 0 Å². The summed E-state index contributed by atoms with van der Waals surface area (Å²) in [5.74, 6) is 0. The molecule has 1 aliphatic carbocycles. The third kappa shape index (κ3) is 1.09. The Bertz CT molecular complexity index is 220. The molecule has 0 saturated heterocycles. The van der Waals surface area contributed by atoms with Gasteiger partial charge in [-0.25, -0.2) is 0 Å². The van der Waals surface area contributed by atoms with Crippen LogP contribution in [0.4, 0.5) is 0 Å². The van der Waals surface area contributed by atoms with Crippen LogP contribution in [0.25, 0.3) is 0 Å². The molecule has 0 spiro atoms. The van der Waals surface area contributed by atoms with Gasteiger partial charge in [-0.15, -0.1) is 11.3 Å². The second-order valence-electron chi connectivity index (χ2n) is 1.28. The van der Waals surface area contributed by atoms with Crippen molar-refractivity contribution in [2.24, 2.45) is 0 Å². The van der Waals surface area contributed by atoms with E-state index < -0.39 is 0 Å². The first-order valence-electron chi connectivity index (χ1n) is 2.09. The lowest BCUT2D eigenvalue weighted by molar-refractivity contribution is 0.448. The molecule has 2 nitrogen and oxygen atoms in total. The van der Waals surface area contributed by atoms with Crippen molar-refractivity contribution in [3.05, 3.63) is 21.2 Å². The third-order valence-corrected chi connectivity index (χ3v) is 1.75. The average Bonchev–Trinajstić information content (AvgIpc) is 2.16. The first-order chi connectivity index (χ1) is 3.88. The summed E-state index contributed by atoms with van der Waals surface area (Å²) in [5, 5.41) is 14.0. The molecule has 4 heteroatoms. The van der Waals surface area contributed by atoms with Gasteiger partial charge in [0.2, 0.25) is 0 Å². The molecule has 0 aromatic carbocycles. The van der Waals surface area contributed by atoms with Gasteiger partial charge < -0.3 is 10.0 Å². The van der Waals surface area contributed by atoms with Gasteiger partial charge in [-0.3, -0.25) is 0 Å². The molecule has 0 saturated carbocycles. The van der Waals surface area contributed by atoms with Crippen LogP contribution in [0.1, 0.15) is 0 Å². The van der Waals surface area contributed by atoms with E-state index in [0.29, 0.717) is 0 Å². The fourth-order valence-corrected chi connectivity index (χ4v) is 0.975. The smallest absolute Gasteiger partial charge is 0.429 e. The van der Waals surface area contributed by atoms with Crippen molar-refractivity contribution in [2.45, 2.75) is 0 Å². The van der Waals surface area contributed by atoms with Crippen LogP contribution in [0.5, 0.6) is 0 Å². The van der Waals surface area contributed by atoms with Gasteiger partial charge in [0.15, 0.2) is 0 Å². The molecule has 1 heterocycles. The predicted molar refractivity (Wildman–Crippen MR) is 32.2 cm³/mol. The molecule has 0 atom stereocenters. The minimum Gasteiger partial charge on any atom is -0.429 e. The molecule has 41 valence electrons. The van der Waals surface area contributed by atoms with Gasteiger partial charge in [0.05, 0.1) is 0 Å². The zero-order chi connectivity index (χ0) is 5.98. The van der Waals surface area contributed by atoms with Gasteiger partial charge in [-0.2, -0.15) is 0 Å².